The van der Waals surface area contributed by atoms with Crippen LogP contribution >= 0.6 is 0 Å². The molecular weight excluding hydrogens is 216 g/mol. The summed E-state index contributed by atoms with van der Waals surface area (Å²) in [5, 5.41) is 13.4. The molecule has 2 heterocycles. The molecule has 0 saturated heterocycles. The van der Waals surface area contributed by atoms with Gasteiger partial charge in [-0.3, -0.25) is 0 Å². The van der Waals surface area contributed by atoms with E-state index in [0.717, 1.165) is 17.9 Å². The maximum atomic E-state index is 4.49. The van der Waals surface area contributed by atoms with Crippen molar-refractivity contribution in [3.63, 3.8) is 0 Å². The van der Waals surface area contributed by atoms with Gasteiger partial charge >= 0.3 is 0 Å². The van der Waals surface area contributed by atoms with Crippen LogP contribution in [-0.2, 0) is 6.42 Å². The molecule has 17 heavy (non-hydrogen) atoms. The third-order valence-corrected chi connectivity index (χ3v) is 2.30. The molecule has 0 bridgehead atoms. The lowest BCUT2D eigenvalue weighted by Gasteiger charge is -2.08. The monoisotopic (exact) mass is 232 g/mol. The molecule has 90 valence electrons. The Kier molecular flexibility index (Phi) is 3.32. The highest BCUT2D eigenvalue weighted by atomic mass is 15.3. The van der Waals surface area contributed by atoms with E-state index in [1.807, 2.05) is 13.1 Å². The van der Waals surface area contributed by atoms with Crippen molar-refractivity contribution in [3.05, 3.63) is 18.0 Å². The van der Waals surface area contributed by atoms with E-state index in [1.165, 1.54) is 0 Å². The molecule has 6 nitrogen and oxygen atoms in total. The van der Waals surface area contributed by atoms with E-state index in [1.54, 1.807) is 6.20 Å². The molecule has 0 saturated carbocycles. The summed E-state index contributed by atoms with van der Waals surface area (Å²) in [4.78, 5) is 8.85. The smallest absolute Gasteiger partial charge is 0.183 e. The Bertz CT molecular complexity index is 477. The number of nitrogens with zero attached hydrogens (tertiary/aromatic N) is 4. The Labute approximate surface area is 99.9 Å². The van der Waals surface area contributed by atoms with Crippen molar-refractivity contribution >= 4 is 5.82 Å². The van der Waals surface area contributed by atoms with Gasteiger partial charge in [0.05, 0.1) is 6.20 Å². The first kappa shape index (κ1) is 11.5. The van der Waals surface area contributed by atoms with E-state index in [9.17, 15) is 0 Å². The molecule has 0 aliphatic carbocycles. The van der Waals surface area contributed by atoms with Gasteiger partial charge in [-0.15, -0.1) is 0 Å². The predicted molar refractivity (Wildman–Crippen MR) is 65.5 cm³/mol. The van der Waals surface area contributed by atoms with Crippen LogP contribution in [-0.4, -0.2) is 32.4 Å². The zero-order chi connectivity index (χ0) is 12.3. The van der Waals surface area contributed by atoms with Crippen LogP contribution in [0, 0.1) is 5.92 Å². The predicted octanol–water partition coefficient (Wildman–Crippen LogP) is 1.50. The Morgan fingerprint density at radius 2 is 2.18 bits per heavy atom. The number of anilines is 1. The number of rotatable bonds is 4. The fraction of sp³-hybridized carbons (Fsp3) is 0.455. The summed E-state index contributed by atoms with van der Waals surface area (Å²) < 4.78 is 0. The fourth-order valence-electron chi connectivity index (χ4n) is 1.57. The highest BCUT2D eigenvalue weighted by Gasteiger charge is 2.09. The van der Waals surface area contributed by atoms with E-state index in [-0.39, 0.29) is 0 Å². The Morgan fingerprint density at radius 1 is 1.35 bits per heavy atom. The second-order valence-electron chi connectivity index (χ2n) is 4.27. The van der Waals surface area contributed by atoms with Crippen LogP contribution in [0.3, 0.4) is 0 Å². The van der Waals surface area contributed by atoms with Gasteiger partial charge in [0, 0.05) is 18.8 Å². The molecule has 2 rings (SSSR count). The van der Waals surface area contributed by atoms with Gasteiger partial charge in [-0.25, -0.2) is 9.97 Å². The summed E-state index contributed by atoms with van der Waals surface area (Å²) in [5.74, 6) is 1.95. The van der Waals surface area contributed by atoms with Gasteiger partial charge in [-0.2, -0.15) is 15.4 Å². The van der Waals surface area contributed by atoms with Gasteiger partial charge < -0.3 is 5.32 Å². The molecule has 0 aliphatic rings. The van der Waals surface area contributed by atoms with Crippen molar-refractivity contribution in [1.29, 1.82) is 0 Å². The Hall–Kier alpha value is -1.98. The van der Waals surface area contributed by atoms with E-state index in [4.69, 9.17) is 0 Å². The van der Waals surface area contributed by atoms with Crippen LogP contribution in [0.15, 0.2) is 12.3 Å². The largest absolute Gasteiger partial charge is 0.373 e. The topological polar surface area (TPSA) is 79.4 Å². The summed E-state index contributed by atoms with van der Waals surface area (Å²) in [6.07, 6.45) is 2.54. The minimum atomic E-state index is 0.555. The zero-order valence-electron chi connectivity index (χ0n) is 10.2. The molecule has 0 aliphatic heterocycles. The molecule has 0 spiro atoms. The average molecular weight is 232 g/mol. The van der Waals surface area contributed by atoms with Crippen molar-refractivity contribution in [2.75, 3.05) is 12.4 Å². The number of aromatic nitrogens is 5. The number of hydrogen-bond acceptors (Lipinski definition) is 5. The summed E-state index contributed by atoms with van der Waals surface area (Å²) in [6.45, 7) is 4.33. The van der Waals surface area contributed by atoms with Crippen molar-refractivity contribution < 1.29 is 0 Å². The van der Waals surface area contributed by atoms with Crippen LogP contribution in [0.1, 0.15) is 19.5 Å². The lowest BCUT2D eigenvalue weighted by Crippen LogP contribution is -2.03. The highest BCUT2D eigenvalue weighted by Crippen LogP contribution is 2.16. The van der Waals surface area contributed by atoms with Gasteiger partial charge in [0.25, 0.3) is 0 Å². The fourth-order valence-corrected chi connectivity index (χ4v) is 1.57. The first-order valence-electron chi connectivity index (χ1n) is 5.61. The first-order valence-corrected chi connectivity index (χ1v) is 5.61. The van der Waals surface area contributed by atoms with Crippen molar-refractivity contribution in [1.82, 2.24) is 25.4 Å². The number of hydrogen-bond donors (Lipinski definition) is 2. The standard InChI is InChI=1S/C11H16N6/c1-7(2)4-8-5-10(12-3)15-11(14-8)9-6-13-17-16-9/h5-7H,4H2,1-3H3,(H,12,14,15)(H,13,16,17). The van der Waals surface area contributed by atoms with E-state index in [0.29, 0.717) is 17.4 Å². The molecule has 2 aromatic heterocycles. The third kappa shape index (κ3) is 2.77. The molecule has 6 heteroatoms. The van der Waals surface area contributed by atoms with Gasteiger partial charge in [0.1, 0.15) is 11.5 Å². The van der Waals surface area contributed by atoms with Gasteiger partial charge in [0.15, 0.2) is 5.82 Å². The number of aromatic amines is 1. The first-order chi connectivity index (χ1) is 8.19. The lowest BCUT2D eigenvalue weighted by atomic mass is 10.1. The highest BCUT2D eigenvalue weighted by molar-refractivity contribution is 5.51. The van der Waals surface area contributed by atoms with E-state index >= 15 is 0 Å². The van der Waals surface area contributed by atoms with Crippen LogP contribution in [0.25, 0.3) is 11.5 Å². The molecule has 2 N–H and O–H groups in total. The molecule has 2 aromatic rings. The molecule has 0 aromatic carbocycles. The Balaban J connectivity index is 2.38. The minimum Gasteiger partial charge on any atom is -0.373 e. The van der Waals surface area contributed by atoms with Crippen molar-refractivity contribution in [2.45, 2.75) is 20.3 Å². The van der Waals surface area contributed by atoms with Crippen molar-refractivity contribution in [3.8, 4) is 11.5 Å². The Morgan fingerprint density at radius 3 is 2.76 bits per heavy atom. The van der Waals surface area contributed by atoms with Crippen molar-refractivity contribution in [2.24, 2.45) is 5.92 Å². The maximum Gasteiger partial charge on any atom is 0.183 e. The third-order valence-electron chi connectivity index (χ3n) is 2.30. The second kappa shape index (κ2) is 4.90. The van der Waals surface area contributed by atoms with E-state index < -0.39 is 0 Å². The second-order valence-corrected chi connectivity index (χ2v) is 4.27. The molecule has 0 amide bonds. The minimum absolute atomic E-state index is 0.555. The molecule has 0 fully saturated rings. The normalized spacial score (nSPS) is 10.8. The van der Waals surface area contributed by atoms with Gasteiger partial charge in [0.2, 0.25) is 0 Å². The molecule has 0 radical (unpaired) electrons. The van der Waals surface area contributed by atoms with Gasteiger partial charge in [-0.1, -0.05) is 13.8 Å². The maximum absolute atomic E-state index is 4.49. The zero-order valence-corrected chi connectivity index (χ0v) is 10.2. The molecule has 0 unspecified atom stereocenters. The average Bonchev–Trinajstić information content (AvgIpc) is 2.81. The van der Waals surface area contributed by atoms with Crippen LogP contribution in [0.2, 0.25) is 0 Å². The molecule has 0 atom stereocenters. The quantitative estimate of drug-likeness (QED) is 0.835. The van der Waals surface area contributed by atoms with E-state index in [2.05, 4.69) is 44.5 Å². The number of nitrogens with one attached hydrogen (secondary N) is 2. The lowest BCUT2D eigenvalue weighted by molar-refractivity contribution is 0.635. The summed E-state index contributed by atoms with van der Waals surface area (Å²) in [5.41, 5.74) is 1.67. The summed E-state index contributed by atoms with van der Waals surface area (Å²) >= 11 is 0. The molecular formula is C11H16N6. The summed E-state index contributed by atoms with van der Waals surface area (Å²) in [6, 6.07) is 1.96. The van der Waals surface area contributed by atoms with Crippen LogP contribution in [0.4, 0.5) is 5.82 Å². The van der Waals surface area contributed by atoms with Crippen LogP contribution in [0.5, 0.6) is 0 Å². The SMILES string of the molecule is CNc1cc(CC(C)C)nc(-c2cn[nH]n2)n1. The van der Waals surface area contributed by atoms with Crippen LogP contribution < -0.4 is 5.32 Å². The summed E-state index contributed by atoms with van der Waals surface area (Å²) in [7, 11) is 1.84. The number of H-pyrrole nitrogens is 1. The van der Waals surface area contributed by atoms with Gasteiger partial charge in [-0.05, 0) is 12.3 Å².